The van der Waals surface area contributed by atoms with Crippen LogP contribution in [0, 0.1) is 0 Å². The van der Waals surface area contributed by atoms with Gasteiger partial charge in [0.15, 0.2) is 5.15 Å². The predicted octanol–water partition coefficient (Wildman–Crippen LogP) is 3.00. The van der Waals surface area contributed by atoms with Crippen molar-refractivity contribution < 1.29 is 13.6 Å². The second-order valence-electron chi connectivity index (χ2n) is 5.01. The Hall–Kier alpha value is -2.02. The number of nitrogens with one attached hydrogen (secondary N) is 1. The number of rotatable bonds is 4. The van der Waals surface area contributed by atoms with Crippen molar-refractivity contribution in [2.24, 2.45) is 0 Å². The maximum atomic E-state index is 13.0. The average Bonchev–Trinajstić information content (AvgIpc) is 3.05. The number of amides is 1. The smallest absolute Gasteiger partial charge is 0.282 e. The van der Waals surface area contributed by atoms with Gasteiger partial charge in [-0.05, 0) is 31.4 Å². The van der Waals surface area contributed by atoms with E-state index in [9.17, 15) is 13.6 Å². The fourth-order valence-electron chi connectivity index (χ4n) is 2.65. The van der Waals surface area contributed by atoms with Gasteiger partial charge in [-0.25, -0.2) is 13.8 Å². The van der Waals surface area contributed by atoms with Crippen molar-refractivity contribution >= 4 is 23.2 Å². The molecule has 2 aromatic rings. The van der Waals surface area contributed by atoms with E-state index in [1.807, 2.05) is 0 Å². The number of anilines is 1. The third kappa shape index (κ3) is 2.81. The van der Waals surface area contributed by atoms with Crippen molar-refractivity contribution in [1.29, 1.82) is 0 Å². The lowest BCUT2D eigenvalue weighted by molar-refractivity contribution is -0.117. The van der Waals surface area contributed by atoms with Crippen molar-refractivity contribution in [2.45, 2.75) is 32.2 Å². The van der Waals surface area contributed by atoms with Gasteiger partial charge in [-0.15, -0.1) is 0 Å². The first-order valence-corrected chi connectivity index (χ1v) is 7.21. The molecular formula is C14H13ClF2N4O. The lowest BCUT2D eigenvalue weighted by Crippen LogP contribution is -2.21. The Kier molecular flexibility index (Phi) is 4.06. The van der Waals surface area contributed by atoms with E-state index in [1.54, 1.807) is 12.1 Å². The molecule has 1 aliphatic carbocycles. The van der Waals surface area contributed by atoms with Crippen molar-refractivity contribution in [2.75, 3.05) is 5.32 Å². The maximum absolute atomic E-state index is 13.0. The molecule has 0 saturated carbocycles. The molecule has 1 amide bonds. The lowest BCUT2D eigenvalue weighted by atomic mass is 10.2. The Morgan fingerprint density at radius 1 is 1.45 bits per heavy atom. The highest BCUT2D eigenvalue weighted by Gasteiger charge is 2.27. The van der Waals surface area contributed by atoms with Crippen LogP contribution in [0.1, 0.15) is 29.8 Å². The molecular weight excluding hydrogens is 314 g/mol. The van der Waals surface area contributed by atoms with Gasteiger partial charge in [0.25, 0.3) is 6.43 Å². The van der Waals surface area contributed by atoms with Crippen LogP contribution in [0.25, 0.3) is 0 Å². The summed E-state index contributed by atoms with van der Waals surface area (Å²) >= 11 is 5.86. The van der Waals surface area contributed by atoms with Crippen molar-refractivity contribution in [3.8, 4) is 0 Å². The largest absolute Gasteiger partial charge is 0.322 e. The number of halogens is 3. The molecule has 1 N–H and O–H groups in total. The molecule has 22 heavy (non-hydrogen) atoms. The van der Waals surface area contributed by atoms with Gasteiger partial charge in [0.05, 0.1) is 5.69 Å². The summed E-state index contributed by atoms with van der Waals surface area (Å²) in [5, 5.41) is 6.67. The lowest BCUT2D eigenvalue weighted by Gasteiger charge is -2.08. The molecule has 5 nitrogen and oxygen atoms in total. The van der Waals surface area contributed by atoms with Gasteiger partial charge in [-0.3, -0.25) is 9.48 Å². The number of fused-ring (bicyclic) bond motifs is 1. The Morgan fingerprint density at radius 3 is 3.00 bits per heavy atom. The monoisotopic (exact) mass is 326 g/mol. The Labute approximate surface area is 130 Å². The number of aromatic nitrogens is 3. The molecule has 0 unspecified atom stereocenters. The first kappa shape index (κ1) is 14.9. The summed E-state index contributed by atoms with van der Waals surface area (Å²) in [5.41, 5.74) is 1.48. The third-order valence-electron chi connectivity index (χ3n) is 3.57. The van der Waals surface area contributed by atoms with Crippen LogP contribution in [0.15, 0.2) is 18.3 Å². The van der Waals surface area contributed by atoms with Gasteiger partial charge < -0.3 is 5.32 Å². The van der Waals surface area contributed by atoms with E-state index in [4.69, 9.17) is 11.6 Å². The molecule has 116 valence electrons. The normalized spacial score (nSPS) is 13.5. The number of carbonyl (C=O) groups excluding carboxylic acids is 1. The van der Waals surface area contributed by atoms with Crippen LogP contribution in [0.4, 0.5) is 14.5 Å². The zero-order chi connectivity index (χ0) is 15.7. The predicted molar refractivity (Wildman–Crippen MR) is 77.1 cm³/mol. The number of alkyl halides is 2. The van der Waals surface area contributed by atoms with Crippen molar-refractivity contribution in [3.63, 3.8) is 0 Å². The minimum atomic E-state index is -2.62. The van der Waals surface area contributed by atoms with Crippen molar-refractivity contribution in [1.82, 2.24) is 14.8 Å². The Balaban J connectivity index is 1.78. The van der Waals surface area contributed by atoms with Crippen LogP contribution in [-0.4, -0.2) is 20.7 Å². The fraction of sp³-hybridized carbons (Fsp3) is 0.357. The summed E-state index contributed by atoms with van der Waals surface area (Å²) in [5.74, 6) is -0.382. The molecule has 0 radical (unpaired) electrons. The Bertz CT molecular complexity index is 717. The number of carbonyl (C=O) groups is 1. The minimum Gasteiger partial charge on any atom is -0.322 e. The molecule has 8 heteroatoms. The van der Waals surface area contributed by atoms with Gasteiger partial charge >= 0.3 is 0 Å². The quantitative estimate of drug-likeness (QED) is 0.879. The topological polar surface area (TPSA) is 59.8 Å². The molecule has 0 fully saturated rings. The van der Waals surface area contributed by atoms with E-state index >= 15 is 0 Å². The minimum absolute atomic E-state index is 0.125. The van der Waals surface area contributed by atoms with E-state index in [0.717, 1.165) is 12.1 Å². The van der Waals surface area contributed by atoms with Crippen LogP contribution in [-0.2, 0) is 24.2 Å². The summed E-state index contributed by atoms with van der Waals surface area (Å²) in [6, 6.07) is 3.26. The molecule has 3 rings (SSSR count). The molecule has 0 aromatic carbocycles. The zero-order valence-corrected chi connectivity index (χ0v) is 12.3. The molecule has 0 spiro atoms. The zero-order valence-electron chi connectivity index (χ0n) is 11.5. The van der Waals surface area contributed by atoms with Crippen LogP contribution in [0.5, 0.6) is 0 Å². The van der Waals surface area contributed by atoms with E-state index < -0.39 is 6.43 Å². The molecule has 0 aliphatic heterocycles. The van der Waals surface area contributed by atoms with Gasteiger partial charge in [-0.2, -0.15) is 5.10 Å². The SMILES string of the molecule is O=C(Cn1nc(C(F)F)c2c1CCC2)Nc1cccnc1Cl. The van der Waals surface area contributed by atoms with E-state index in [-0.39, 0.29) is 23.3 Å². The van der Waals surface area contributed by atoms with Gasteiger partial charge in [0.1, 0.15) is 12.2 Å². The maximum Gasteiger partial charge on any atom is 0.282 e. The number of pyridine rings is 1. The molecule has 0 saturated heterocycles. The summed E-state index contributed by atoms with van der Waals surface area (Å²) in [4.78, 5) is 15.9. The number of hydrogen-bond donors (Lipinski definition) is 1. The van der Waals surface area contributed by atoms with Crippen LogP contribution in [0.2, 0.25) is 5.15 Å². The van der Waals surface area contributed by atoms with Crippen LogP contribution in [0.3, 0.4) is 0 Å². The third-order valence-corrected chi connectivity index (χ3v) is 3.87. The van der Waals surface area contributed by atoms with Gasteiger partial charge in [0.2, 0.25) is 5.91 Å². The molecule has 1 aliphatic rings. The Morgan fingerprint density at radius 2 is 2.27 bits per heavy atom. The first-order chi connectivity index (χ1) is 10.6. The van der Waals surface area contributed by atoms with E-state index in [0.29, 0.717) is 24.1 Å². The van der Waals surface area contributed by atoms with Crippen LogP contribution >= 0.6 is 11.6 Å². The van der Waals surface area contributed by atoms with E-state index in [1.165, 1.54) is 10.9 Å². The molecule has 0 atom stereocenters. The summed E-state index contributed by atoms with van der Waals surface area (Å²) in [7, 11) is 0. The van der Waals surface area contributed by atoms with Gasteiger partial charge in [-0.1, -0.05) is 11.6 Å². The first-order valence-electron chi connectivity index (χ1n) is 6.83. The number of hydrogen-bond acceptors (Lipinski definition) is 3. The second kappa shape index (κ2) is 6.00. The van der Waals surface area contributed by atoms with Gasteiger partial charge in [0, 0.05) is 17.5 Å². The second-order valence-corrected chi connectivity index (χ2v) is 5.37. The molecule has 2 aromatic heterocycles. The molecule has 2 heterocycles. The summed E-state index contributed by atoms with van der Waals surface area (Å²) < 4.78 is 27.3. The highest BCUT2D eigenvalue weighted by atomic mass is 35.5. The summed E-state index contributed by atoms with van der Waals surface area (Å²) in [6.45, 7) is -0.125. The van der Waals surface area contributed by atoms with Crippen molar-refractivity contribution in [3.05, 3.63) is 40.4 Å². The fourth-order valence-corrected chi connectivity index (χ4v) is 2.82. The van der Waals surface area contributed by atoms with Crippen LogP contribution < -0.4 is 5.32 Å². The molecule has 0 bridgehead atoms. The highest BCUT2D eigenvalue weighted by molar-refractivity contribution is 6.32. The van der Waals surface area contributed by atoms with E-state index in [2.05, 4.69) is 15.4 Å². The highest BCUT2D eigenvalue weighted by Crippen LogP contribution is 2.31. The number of nitrogens with zero attached hydrogens (tertiary/aromatic N) is 3. The standard InChI is InChI=1S/C14H13ClF2N4O/c15-13-9(4-2-6-18-13)19-11(22)7-21-10-5-1-3-8(10)12(20-21)14(16)17/h2,4,6,14H,1,3,5,7H2,(H,19,22). The summed E-state index contributed by atoms with van der Waals surface area (Å²) in [6.07, 6.45) is 0.945. The average molecular weight is 327 g/mol.